The van der Waals surface area contributed by atoms with Crippen molar-refractivity contribution >= 4 is 17.9 Å². The molecule has 36 unspecified atom stereocenters. The molecule has 15 N–H and O–H groups in total. The van der Waals surface area contributed by atoms with Crippen molar-refractivity contribution in [3.8, 4) is 0 Å². The highest BCUT2D eigenvalue weighted by Gasteiger charge is 2.73. The van der Waals surface area contributed by atoms with Gasteiger partial charge in [0.25, 0.3) is 0 Å². The number of rotatable bonds is 18. The van der Waals surface area contributed by atoms with E-state index in [9.17, 15) is 86.2 Å². The molecule has 4 saturated carbocycles. The van der Waals surface area contributed by atoms with Crippen molar-refractivity contribution in [2.45, 2.75) is 306 Å². The third-order valence-corrected chi connectivity index (χ3v) is 24.5. The monoisotopic (exact) mass is 1390 g/mol. The van der Waals surface area contributed by atoms with Crippen LogP contribution in [-0.2, 0) is 71.2 Å². The van der Waals surface area contributed by atoms with Gasteiger partial charge in [-0.2, -0.15) is 0 Å². The Hall–Kier alpha value is -3.07. The SMILES string of the molecule is CC=CC(=O)OC(C)CC(=O)OC1C(C)OC(OC(=O)C23CCC(C)(C)CC2C2=CCC4C5(C)CC(O)C(OC6OC(CO)C(O)C(O)C6O)C(C)(CO)C5CCC4(C)C2(C)CC3O)C(OC2OC(C)C(OC3OC(CO)C(OC4OC(C)C(O)C(O)C4O)C3O)C(O)C2O)C1O. The number of aliphatic hydroxyl groups is 15. The zero-order chi connectivity index (χ0) is 71.3. The fourth-order valence-electron chi connectivity index (χ4n) is 18.9. The van der Waals surface area contributed by atoms with Crippen LogP contribution < -0.4 is 0 Å². The molecule has 9 fully saturated rings. The third-order valence-electron chi connectivity index (χ3n) is 24.5. The lowest BCUT2D eigenvalue weighted by Crippen LogP contribution is -2.70. The second-order valence-corrected chi connectivity index (χ2v) is 31.1. The van der Waals surface area contributed by atoms with Crippen molar-refractivity contribution in [3.63, 3.8) is 0 Å². The lowest BCUT2D eigenvalue weighted by Gasteiger charge is -2.72. The summed E-state index contributed by atoms with van der Waals surface area (Å²) < 4.78 is 71.7. The summed E-state index contributed by atoms with van der Waals surface area (Å²) in [5.41, 5.74) is -4.39. The molecule has 0 radical (unpaired) electrons. The minimum Gasteiger partial charge on any atom is -0.459 e. The predicted octanol–water partition coefficient (Wildman–Crippen LogP) is -2.13. The summed E-state index contributed by atoms with van der Waals surface area (Å²) in [4.78, 5) is 41.8. The molecule has 554 valence electrons. The zero-order valence-corrected chi connectivity index (χ0v) is 56.9. The van der Waals surface area contributed by atoms with Gasteiger partial charge in [-0.1, -0.05) is 59.3 Å². The zero-order valence-electron chi connectivity index (χ0n) is 56.9. The summed E-state index contributed by atoms with van der Waals surface area (Å²) in [6, 6.07) is 0. The van der Waals surface area contributed by atoms with Crippen LogP contribution in [0.3, 0.4) is 0 Å². The number of esters is 3. The van der Waals surface area contributed by atoms with Crippen LogP contribution >= 0.6 is 0 Å². The highest BCUT2D eigenvalue weighted by atomic mass is 16.8. The maximum atomic E-state index is 15.9. The van der Waals surface area contributed by atoms with Crippen molar-refractivity contribution in [3.05, 3.63) is 23.8 Å². The summed E-state index contributed by atoms with van der Waals surface area (Å²) >= 11 is 0. The number of carbonyl (C=O) groups excluding carboxylic acids is 3. The largest absolute Gasteiger partial charge is 0.459 e. The van der Waals surface area contributed by atoms with E-state index in [1.54, 1.807) is 6.92 Å². The number of allylic oxidation sites excluding steroid dienone is 3. The molecule has 10 aliphatic rings. The number of ether oxygens (including phenoxy) is 12. The van der Waals surface area contributed by atoms with E-state index in [0.29, 0.717) is 32.1 Å². The van der Waals surface area contributed by atoms with Crippen LogP contribution in [0.4, 0.5) is 0 Å². The van der Waals surface area contributed by atoms with Gasteiger partial charge in [0.05, 0.1) is 62.9 Å². The first-order valence-corrected chi connectivity index (χ1v) is 34.2. The topological polar surface area (TPSA) is 465 Å². The smallest absolute Gasteiger partial charge is 0.330 e. The van der Waals surface area contributed by atoms with E-state index >= 15 is 4.79 Å². The predicted molar refractivity (Wildman–Crippen MR) is 328 cm³/mol. The van der Waals surface area contributed by atoms with E-state index in [1.807, 2.05) is 6.92 Å². The summed E-state index contributed by atoms with van der Waals surface area (Å²) in [5, 5.41) is 168. The molecule has 0 aromatic rings. The van der Waals surface area contributed by atoms with Crippen LogP contribution in [0.2, 0.25) is 0 Å². The lowest BCUT2D eigenvalue weighted by atomic mass is 9.33. The van der Waals surface area contributed by atoms with Crippen LogP contribution in [-0.4, -0.2) is 286 Å². The fraction of sp³-hybridized carbons (Fsp3) is 0.896. The summed E-state index contributed by atoms with van der Waals surface area (Å²) in [5.74, 6) is -3.74. The molecule has 0 spiro atoms. The van der Waals surface area contributed by atoms with Gasteiger partial charge in [-0.25, -0.2) is 4.79 Å². The van der Waals surface area contributed by atoms with Crippen molar-refractivity contribution < 1.29 is 148 Å². The van der Waals surface area contributed by atoms with Gasteiger partial charge in [0.2, 0.25) is 6.29 Å². The van der Waals surface area contributed by atoms with Gasteiger partial charge in [0.15, 0.2) is 37.4 Å². The Morgan fingerprint density at radius 3 is 1.78 bits per heavy atom. The molecule has 10 rings (SSSR count). The first kappa shape index (κ1) is 76.6. The van der Waals surface area contributed by atoms with Gasteiger partial charge in [0.1, 0.15) is 97.0 Å². The van der Waals surface area contributed by atoms with E-state index in [-0.39, 0.29) is 36.5 Å². The van der Waals surface area contributed by atoms with Gasteiger partial charge in [-0.15, -0.1) is 0 Å². The molecular weight excluding hydrogens is 1280 g/mol. The molecule has 97 heavy (non-hydrogen) atoms. The van der Waals surface area contributed by atoms with E-state index in [1.165, 1.54) is 33.8 Å². The maximum absolute atomic E-state index is 15.9. The quantitative estimate of drug-likeness (QED) is 0.0229. The summed E-state index contributed by atoms with van der Waals surface area (Å²) in [6.45, 7) is 17.8. The molecule has 30 heteroatoms. The van der Waals surface area contributed by atoms with Gasteiger partial charge in [-0.05, 0) is 125 Å². The van der Waals surface area contributed by atoms with E-state index in [4.69, 9.17) is 56.8 Å². The number of fused-ring (bicyclic) bond motifs is 7. The number of carbonyl (C=O) groups is 3. The Kier molecular flexibility index (Phi) is 22.8. The van der Waals surface area contributed by atoms with E-state index < -0.39 is 249 Å². The standard InChI is InChI=1S/C67H106O30/c1-12-13-39(73)86-27(2)20-40(74)92-52-30(5)89-60(54(49(52)83)95-57-48(82)45(79)51(29(4)88-57)93-59-50(84)53(35(25-69)91-59)94-56-46(80)43(77)41(75)28(3)87-56)97-61(85)67-19-18-62(6,7)21-32(67)31-14-15-37-63(8)22-33(71)55(96-58-47(81)44(78)42(76)34(24-68)90-58)64(9,26-70)36(63)16-17-65(37,10)66(31,11)23-38(67)72/h12-14,27-30,32-38,41-60,68-72,75-84H,15-26H2,1-11H3. The molecule has 0 bridgehead atoms. The van der Waals surface area contributed by atoms with Crippen LogP contribution in [0.1, 0.15) is 134 Å². The number of hydrogen-bond acceptors (Lipinski definition) is 30. The van der Waals surface area contributed by atoms with Crippen LogP contribution in [0, 0.1) is 50.2 Å². The molecule has 5 heterocycles. The number of hydrogen-bond donors (Lipinski definition) is 15. The second kappa shape index (κ2) is 28.9. The molecular formula is C67H106O30. The normalized spacial score (nSPS) is 51.6. The second-order valence-electron chi connectivity index (χ2n) is 31.1. The summed E-state index contributed by atoms with van der Waals surface area (Å²) in [7, 11) is 0. The first-order valence-electron chi connectivity index (χ1n) is 34.2. The van der Waals surface area contributed by atoms with Crippen molar-refractivity contribution in [1.82, 2.24) is 0 Å². The highest BCUT2D eigenvalue weighted by Crippen LogP contribution is 2.76. The Morgan fingerprint density at radius 2 is 1.14 bits per heavy atom. The molecule has 5 aliphatic carbocycles. The Balaban J connectivity index is 0.908. The van der Waals surface area contributed by atoms with Crippen LogP contribution in [0.5, 0.6) is 0 Å². The molecule has 0 aromatic heterocycles. The third kappa shape index (κ3) is 13.5. The molecule has 36 atom stereocenters. The van der Waals surface area contributed by atoms with Crippen LogP contribution in [0.15, 0.2) is 23.8 Å². The van der Waals surface area contributed by atoms with Crippen LogP contribution in [0.25, 0.3) is 0 Å². The Morgan fingerprint density at radius 1 is 0.577 bits per heavy atom. The average molecular weight is 1390 g/mol. The van der Waals surface area contributed by atoms with E-state index in [0.717, 1.165) is 11.6 Å². The first-order chi connectivity index (χ1) is 45.4. The van der Waals surface area contributed by atoms with Crippen molar-refractivity contribution in [2.24, 2.45) is 50.2 Å². The molecule has 0 aromatic carbocycles. The number of aliphatic hydroxyl groups excluding tert-OH is 15. The van der Waals surface area contributed by atoms with Crippen molar-refractivity contribution in [2.75, 3.05) is 19.8 Å². The summed E-state index contributed by atoms with van der Waals surface area (Å²) in [6.07, 6.45) is -37.0. The Labute approximate surface area is 563 Å². The van der Waals surface area contributed by atoms with Gasteiger partial charge in [-0.3, -0.25) is 9.59 Å². The molecule has 0 amide bonds. The average Bonchev–Trinajstić information content (AvgIpc) is 0.973. The van der Waals surface area contributed by atoms with Gasteiger partial charge >= 0.3 is 17.9 Å². The van der Waals surface area contributed by atoms with Gasteiger partial charge in [0, 0.05) is 11.5 Å². The fourth-order valence-corrected chi connectivity index (χ4v) is 18.9. The lowest BCUT2D eigenvalue weighted by molar-refractivity contribution is -0.368. The minimum absolute atomic E-state index is 0.0666. The highest BCUT2D eigenvalue weighted by molar-refractivity contribution is 5.82. The maximum Gasteiger partial charge on any atom is 0.330 e. The van der Waals surface area contributed by atoms with E-state index in [2.05, 4.69) is 40.7 Å². The molecule has 5 aliphatic heterocycles. The molecule has 5 saturated heterocycles. The van der Waals surface area contributed by atoms with Gasteiger partial charge < -0.3 is 133 Å². The molecule has 30 nitrogen and oxygen atoms in total. The Bertz CT molecular complexity index is 2830. The van der Waals surface area contributed by atoms with Crippen molar-refractivity contribution in [1.29, 1.82) is 0 Å². The minimum atomic E-state index is -2.08.